The lowest BCUT2D eigenvalue weighted by Gasteiger charge is -2.04. The second-order valence-corrected chi connectivity index (χ2v) is 2.63. The Bertz CT molecular complexity index is 416. The second kappa shape index (κ2) is 2.90. The van der Waals surface area contributed by atoms with Gasteiger partial charge in [-0.1, -0.05) is 0 Å². The summed E-state index contributed by atoms with van der Waals surface area (Å²) < 4.78 is 41.6. The number of nitrogens with zero attached hydrogens (tertiary/aromatic N) is 1. The zero-order chi connectivity index (χ0) is 10.2. The summed E-state index contributed by atoms with van der Waals surface area (Å²) in [6.07, 6.45) is 0.0829. The Labute approximate surface area is 76.6 Å². The molecule has 1 N–H and O–H groups in total. The monoisotopic (exact) mass is 202 g/mol. The fraction of sp³-hybridized carbons (Fsp3) is 0.125. The number of aromatic nitrogens is 2. The standard InChI is InChI=1S/C8H5F3N2O/c9-8(10,11)6-4-14-3-5(6)7-12-1-2-13-7/h1-4H,(H,12,13). The van der Waals surface area contributed by atoms with Gasteiger partial charge in [0, 0.05) is 12.4 Å². The van der Waals surface area contributed by atoms with E-state index in [1.54, 1.807) is 0 Å². The van der Waals surface area contributed by atoms with E-state index in [0.717, 1.165) is 6.26 Å². The van der Waals surface area contributed by atoms with Gasteiger partial charge >= 0.3 is 6.18 Å². The molecular weight excluding hydrogens is 197 g/mol. The highest BCUT2D eigenvalue weighted by atomic mass is 19.4. The first-order valence-electron chi connectivity index (χ1n) is 3.72. The molecule has 0 unspecified atom stereocenters. The zero-order valence-electron chi connectivity index (χ0n) is 6.80. The minimum absolute atomic E-state index is 0.0810. The number of furan rings is 1. The molecule has 0 radical (unpaired) electrons. The topological polar surface area (TPSA) is 41.8 Å². The Morgan fingerprint density at radius 2 is 2.07 bits per heavy atom. The van der Waals surface area contributed by atoms with Crippen molar-refractivity contribution in [3.05, 3.63) is 30.5 Å². The van der Waals surface area contributed by atoms with Gasteiger partial charge in [-0.15, -0.1) is 0 Å². The lowest BCUT2D eigenvalue weighted by molar-refractivity contribution is -0.137. The molecule has 0 aliphatic rings. The van der Waals surface area contributed by atoms with Crippen molar-refractivity contribution >= 4 is 0 Å². The van der Waals surface area contributed by atoms with E-state index in [4.69, 9.17) is 0 Å². The average molecular weight is 202 g/mol. The van der Waals surface area contributed by atoms with Gasteiger partial charge in [0.25, 0.3) is 0 Å². The van der Waals surface area contributed by atoms with Crippen LogP contribution in [0, 0.1) is 0 Å². The normalized spacial score (nSPS) is 11.9. The quantitative estimate of drug-likeness (QED) is 0.772. The average Bonchev–Trinajstić information content (AvgIpc) is 2.73. The van der Waals surface area contributed by atoms with Crippen molar-refractivity contribution in [1.82, 2.24) is 9.97 Å². The molecule has 6 heteroatoms. The number of rotatable bonds is 1. The molecule has 2 aromatic rings. The highest BCUT2D eigenvalue weighted by Gasteiger charge is 2.36. The predicted molar refractivity (Wildman–Crippen MR) is 41.3 cm³/mol. The minimum Gasteiger partial charge on any atom is -0.471 e. The van der Waals surface area contributed by atoms with Crippen molar-refractivity contribution in [2.24, 2.45) is 0 Å². The lowest BCUT2D eigenvalue weighted by Crippen LogP contribution is -2.04. The molecule has 0 aliphatic heterocycles. The molecule has 0 amide bonds. The van der Waals surface area contributed by atoms with Gasteiger partial charge < -0.3 is 9.40 Å². The first-order valence-corrected chi connectivity index (χ1v) is 3.72. The predicted octanol–water partition coefficient (Wildman–Crippen LogP) is 2.69. The second-order valence-electron chi connectivity index (χ2n) is 2.63. The highest BCUT2D eigenvalue weighted by Crippen LogP contribution is 2.36. The molecule has 0 saturated carbocycles. The molecule has 2 aromatic heterocycles. The van der Waals surface area contributed by atoms with Crippen molar-refractivity contribution in [3.63, 3.8) is 0 Å². The number of nitrogens with one attached hydrogen (secondary N) is 1. The molecule has 0 atom stereocenters. The van der Waals surface area contributed by atoms with Crippen LogP contribution in [0.1, 0.15) is 5.56 Å². The summed E-state index contributed by atoms with van der Waals surface area (Å²) in [7, 11) is 0. The molecular formula is C8H5F3N2O. The molecule has 0 spiro atoms. The maximum Gasteiger partial charge on any atom is 0.420 e. The molecule has 2 heterocycles. The maximum atomic E-state index is 12.4. The molecule has 14 heavy (non-hydrogen) atoms. The third kappa shape index (κ3) is 1.39. The number of imidazole rings is 1. The molecule has 0 aliphatic carbocycles. The number of hydrogen-bond acceptors (Lipinski definition) is 2. The van der Waals surface area contributed by atoms with Crippen molar-refractivity contribution in [2.75, 3.05) is 0 Å². The van der Waals surface area contributed by atoms with Gasteiger partial charge in [0.15, 0.2) is 0 Å². The Kier molecular flexibility index (Phi) is 1.83. The van der Waals surface area contributed by atoms with E-state index in [2.05, 4.69) is 14.4 Å². The molecule has 3 nitrogen and oxygen atoms in total. The summed E-state index contributed by atoms with van der Waals surface area (Å²) in [6.45, 7) is 0. The van der Waals surface area contributed by atoms with E-state index in [-0.39, 0.29) is 11.4 Å². The first-order chi connectivity index (χ1) is 6.59. The van der Waals surface area contributed by atoms with Crippen LogP contribution >= 0.6 is 0 Å². The van der Waals surface area contributed by atoms with Gasteiger partial charge in [-0.05, 0) is 0 Å². The number of halogens is 3. The summed E-state index contributed by atoms with van der Waals surface area (Å²) in [4.78, 5) is 6.30. The van der Waals surface area contributed by atoms with Gasteiger partial charge in [0.2, 0.25) is 0 Å². The number of aromatic amines is 1. The van der Waals surface area contributed by atoms with Crippen LogP contribution in [-0.4, -0.2) is 9.97 Å². The van der Waals surface area contributed by atoms with Crippen molar-refractivity contribution in [2.45, 2.75) is 6.18 Å². The van der Waals surface area contributed by atoms with Crippen molar-refractivity contribution < 1.29 is 17.6 Å². The largest absolute Gasteiger partial charge is 0.471 e. The Hall–Kier alpha value is -1.72. The zero-order valence-corrected chi connectivity index (χ0v) is 6.80. The summed E-state index contributed by atoms with van der Waals surface area (Å²) in [5.41, 5.74) is -0.907. The van der Waals surface area contributed by atoms with Gasteiger partial charge in [-0.3, -0.25) is 0 Å². The van der Waals surface area contributed by atoms with Crippen LogP contribution in [0.15, 0.2) is 29.3 Å². The van der Waals surface area contributed by atoms with Crippen LogP contribution in [0.4, 0.5) is 13.2 Å². The van der Waals surface area contributed by atoms with Gasteiger partial charge in [-0.25, -0.2) is 4.98 Å². The summed E-state index contributed by atoms with van der Waals surface area (Å²) >= 11 is 0. The van der Waals surface area contributed by atoms with Gasteiger partial charge in [0.05, 0.1) is 5.56 Å². The smallest absolute Gasteiger partial charge is 0.420 e. The van der Waals surface area contributed by atoms with Gasteiger partial charge in [-0.2, -0.15) is 13.2 Å². The van der Waals surface area contributed by atoms with E-state index in [9.17, 15) is 13.2 Å². The van der Waals surface area contributed by atoms with Crippen LogP contribution in [-0.2, 0) is 6.18 Å². The highest BCUT2D eigenvalue weighted by molar-refractivity contribution is 5.58. The number of alkyl halides is 3. The van der Waals surface area contributed by atoms with Crippen molar-refractivity contribution in [1.29, 1.82) is 0 Å². The van der Waals surface area contributed by atoms with E-state index >= 15 is 0 Å². The third-order valence-corrected chi connectivity index (χ3v) is 1.72. The summed E-state index contributed by atoms with van der Waals surface area (Å²) in [6, 6.07) is 0. The molecule has 0 bridgehead atoms. The van der Waals surface area contributed by atoms with Crippen LogP contribution in [0.2, 0.25) is 0 Å². The Balaban J connectivity index is 2.51. The Morgan fingerprint density at radius 1 is 1.29 bits per heavy atom. The third-order valence-electron chi connectivity index (χ3n) is 1.72. The first kappa shape index (κ1) is 8.86. The fourth-order valence-corrected chi connectivity index (χ4v) is 1.11. The van der Waals surface area contributed by atoms with Gasteiger partial charge in [0.1, 0.15) is 23.9 Å². The Morgan fingerprint density at radius 3 is 2.64 bits per heavy atom. The molecule has 74 valence electrons. The number of hydrogen-bond donors (Lipinski definition) is 1. The van der Waals surface area contributed by atoms with Crippen LogP contribution in [0.25, 0.3) is 11.4 Å². The van der Waals surface area contributed by atoms with E-state index in [0.29, 0.717) is 6.26 Å². The maximum absolute atomic E-state index is 12.4. The summed E-state index contributed by atoms with van der Waals surface area (Å²) in [5.74, 6) is 0.145. The molecule has 2 rings (SSSR count). The molecule has 0 fully saturated rings. The SMILES string of the molecule is FC(F)(F)c1cocc1-c1ncc[nH]1. The van der Waals surface area contributed by atoms with E-state index in [1.807, 2.05) is 0 Å². The van der Waals surface area contributed by atoms with E-state index < -0.39 is 11.7 Å². The molecule has 0 saturated heterocycles. The van der Waals surface area contributed by atoms with Crippen LogP contribution in [0.5, 0.6) is 0 Å². The number of H-pyrrole nitrogens is 1. The fourth-order valence-electron chi connectivity index (χ4n) is 1.11. The molecule has 0 aromatic carbocycles. The summed E-state index contributed by atoms with van der Waals surface area (Å²) in [5, 5.41) is 0. The van der Waals surface area contributed by atoms with E-state index in [1.165, 1.54) is 12.4 Å². The van der Waals surface area contributed by atoms with Crippen molar-refractivity contribution in [3.8, 4) is 11.4 Å². The van der Waals surface area contributed by atoms with Crippen LogP contribution < -0.4 is 0 Å². The van der Waals surface area contributed by atoms with Crippen LogP contribution in [0.3, 0.4) is 0 Å². The lowest BCUT2D eigenvalue weighted by atomic mass is 10.2. The minimum atomic E-state index is -4.42.